The van der Waals surface area contributed by atoms with Crippen LogP contribution in [0.25, 0.3) is 0 Å². The van der Waals surface area contributed by atoms with E-state index in [2.05, 4.69) is 9.97 Å². The van der Waals surface area contributed by atoms with Gasteiger partial charge in [-0.15, -0.1) is 11.8 Å². The van der Waals surface area contributed by atoms with Crippen LogP contribution in [0.5, 0.6) is 0 Å². The topological polar surface area (TPSA) is 72.0 Å². The summed E-state index contributed by atoms with van der Waals surface area (Å²) in [5.74, 6) is 0.922. The van der Waals surface area contributed by atoms with Gasteiger partial charge in [-0.3, -0.25) is 0 Å². The lowest BCUT2D eigenvalue weighted by Gasteiger charge is -2.00. The Bertz CT molecular complexity index is 247. The number of nitrogens with two attached hydrogens (primary N) is 1. The van der Waals surface area contributed by atoms with E-state index in [9.17, 15) is 0 Å². The van der Waals surface area contributed by atoms with Gasteiger partial charge in [0.25, 0.3) is 0 Å². The molecular formula is C7H11N3OS. The molecule has 0 aliphatic carbocycles. The second-order valence-electron chi connectivity index (χ2n) is 2.28. The number of hydrogen-bond donors (Lipinski definition) is 2. The molecule has 0 aromatic carbocycles. The molecule has 0 aliphatic heterocycles. The first-order valence-corrected chi connectivity index (χ1v) is 4.56. The first-order chi connectivity index (χ1) is 5.72. The van der Waals surface area contributed by atoms with Crippen LogP contribution in [0.2, 0.25) is 0 Å². The molecule has 3 N–H and O–H groups in total. The van der Waals surface area contributed by atoms with Crippen molar-refractivity contribution in [2.45, 2.75) is 11.9 Å². The Balaban J connectivity index is 2.72. The number of aliphatic hydroxyl groups is 1. The van der Waals surface area contributed by atoms with Gasteiger partial charge in [-0.2, -0.15) is 0 Å². The van der Waals surface area contributed by atoms with Crippen LogP contribution in [0.4, 0.5) is 5.95 Å². The minimum Gasteiger partial charge on any atom is -0.396 e. The molecule has 0 fully saturated rings. The lowest BCUT2D eigenvalue weighted by atomic mass is 10.5. The summed E-state index contributed by atoms with van der Waals surface area (Å²) in [5, 5.41) is 9.38. The second kappa shape index (κ2) is 4.27. The summed E-state index contributed by atoms with van der Waals surface area (Å²) in [4.78, 5) is 7.92. The number of hydrogen-bond acceptors (Lipinski definition) is 5. The highest BCUT2D eigenvalue weighted by Crippen LogP contribution is 2.15. The molecule has 1 aromatic rings. The molecule has 0 aliphatic rings. The number of thioether (sulfide) groups is 1. The Kier molecular flexibility index (Phi) is 3.31. The van der Waals surface area contributed by atoms with E-state index in [0.29, 0.717) is 5.75 Å². The van der Waals surface area contributed by atoms with Crippen LogP contribution in [0.15, 0.2) is 11.1 Å². The molecule has 0 radical (unpaired) electrons. The zero-order valence-electron chi connectivity index (χ0n) is 6.82. The van der Waals surface area contributed by atoms with Crippen LogP contribution in [0.1, 0.15) is 5.69 Å². The van der Waals surface area contributed by atoms with Crippen LogP contribution in [-0.4, -0.2) is 27.4 Å². The molecule has 0 saturated heterocycles. The average Bonchev–Trinajstić information content (AvgIpc) is 1.99. The van der Waals surface area contributed by atoms with Crippen molar-refractivity contribution in [3.8, 4) is 0 Å². The van der Waals surface area contributed by atoms with E-state index in [0.717, 1.165) is 10.7 Å². The first-order valence-electron chi connectivity index (χ1n) is 3.57. The van der Waals surface area contributed by atoms with Crippen molar-refractivity contribution in [3.05, 3.63) is 11.8 Å². The van der Waals surface area contributed by atoms with Gasteiger partial charge in [0.2, 0.25) is 5.95 Å². The molecule has 12 heavy (non-hydrogen) atoms. The van der Waals surface area contributed by atoms with E-state index >= 15 is 0 Å². The third kappa shape index (κ3) is 2.67. The smallest absolute Gasteiger partial charge is 0.221 e. The lowest BCUT2D eigenvalue weighted by molar-refractivity contribution is 0.322. The van der Waals surface area contributed by atoms with Gasteiger partial charge in [0.05, 0.1) is 6.61 Å². The fourth-order valence-corrected chi connectivity index (χ4v) is 1.50. The van der Waals surface area contributed by atoms with Crippen molar-refractivity contribution in [1.29, 1.82) is 0 Å². The van der Waals surface area contributed by atoms with Crippen molar-refractivity contribution < 1.29 is 5.11 Å². The summed E-state index contributed by atoms with van der Waals surface area (Å²) >= 11 is 1.47. The SMILES string of the molecule is Cc1cc(SCCO)nc(N)n1. The summed E-state index contributed by atoms with van der Waals surface area (Å²) in [6.07, 6.45) is 0. The number of aliphatic hydroxyl groups excluding tert-OH is 1. The fraction of sp³-hybridized carbons (Fsp3) is 0.429. The van der Waals surface area contributed by atoms with E-state index < -0.39 is 0 Å². The minimum atomic E-state index is 0.146. The number of nitrogen functional groups attached to an aromatic ring is 1. The molecule has 0 spiro atoms. The van der Waals surface area contributed by atoms with Gasteiger partial charge in [0.1, 0.15) is 5.03 Å². The van der Waals surface area contributed by atoms with E-state index in [1.54, 1.807) is 0 Å². The maximum Gasteiger partial charge on any atom is 0.221 e. The van der Waals surface area contributed by atoms with Crippen LogP contribution in [-0.2, 0) is 0 Å². The number of aryl methyl sites for hydroxylation is 1. The van der Waals surface area contributed by atoms with E-state index in [4.69, 9.17) is 10.8 Å². The Morgan fingerprint density at radius 2 is 2.33 bits per heavy atom. The van der Waals surface area contributed by atoms with Crippen LogP contribution in [0, 0.1) is 6.92 Å². The normalized spacial score (nSPS) is 10.2. The Labute approximate surface area is 75.2 Å². The molecular weight excluding hydrogens is 174 g/mol. The zero-order chi connectivity index (χ0) is 8.97. The molecule has 4 nitrogen and oxygen atoms in total. The van der Waals surface area contributed by atoms with Gasteiger partial charge >= 0.3 is 0 Å². The van der Waals surface area contributed by atoms with Gasteiger partial charge in [0, 0.05) is 11.4 Å². The summed E-state index contributed by atoms with van der Waals surface area (Å²) in [7, 11) is 0. The third-order valence-corrected chi connectivity index (χ3v) is 2.08. The zero-order valence-corrected chi connectivity index (χ0v) is 7.64. The van der Waals surface area contributed by atoms with Gasteiger partial charge in [0.15, 0.2) is 0 Å². The highest BCUT2D eigenvalue weighted by Gasteiger charge is 1.98. The van der Waals surface area contributed by atoms with Gasteiger partial charge in [-0.25, -0.2) is 9.97 Å². The molecule has 5 heteroatoms. The molecule has 0 bridgehead atoms. The fourth-order valence-electron chi connectivity index (χ4n) is 0.786. The van der Waals surface area contributed by atoms with E-state index in [-0.39, 0.29) is 12.6 Å². The number of rotatable bonds is 3. The quantitative estimate of drug-likeness (QED) is 0.528. The number of anilines is 1. The average molecular weight is 185 g/mol. The molecule has 1 aromatic heterocycles. The highest BCUT2D eigenvalue weighted by molar-refractivity contribution is 7.99. The van der Waals surface area contributed by atoms with Crippen molar-refractivity contribution in [1.82, 2.24) is 9.97 Å². The molecule has 0 saturated carbocycles. The van der Waals surface area contributed by atoms with Gasteiger partial charge in [-0.05, 0) is 13.0 Å². The van der Waals surface area contributed by atoms with Crippen LogP contribution in [0.3, 0.4) is 0 Å². The predicted molar refractivity (Wildman–Crippen MR) is 49.0 cm³/mol. The van der Waals surface area contributed by atoms with Crippen molar-refractivity contribution in [2.75, 3.05) is 18.1 Å². The van der Waals surface area contributed by atoms with Gasteiger partial charge in [-0.1, -0.05) is 0 Å². The monoisotopic (exact) mass is 185 g/mol. The summed E-state index contributed by atoms with van der Waals surface area (Å²) in [6, 6.07) is 1.84. The Morgan fingerprint density at radius 3 is 2.92 bits per heavy atom. The Morgan fingerprint density at radius 1 is 1.58 bits per heavy atom. The largest absolute Gasteiger partial charge is 0.396 e. The van der Waals surface area contributed by atoms with E-state index in [1.165, 1.54) is 11.8 Å². The molecule has 66 valence electrons. The van der Waals surface area contributed by atoms with Crippen molar-refractivity contribution in [2.24, 2.45) is 0 Å². The Hall–Kier alpha value is -0.810. The van der Waals surface area contributed by atoms with Crippen LogP contribution >= 0.6 is 11.8 Å². The van der Waals surface area contributed by atoms with E-state index in [1.807, 2.05) is 13.0 Å². The second-order valence-corrected chi connectivity index (χ2v) is 3.39. The lowest BCUT2D eigenvalue weighted by Crippen LogP contribution is -1.98. The summed E-state index contributed by atoms with van der Waals surface area (Å²) in [6.45, 7) is 2.01. The highest BCUT2D eigenvalue weighted by atomic mass is 32.2. The molecule has 0 amide bonds. The number of nitrogens with zero attached hydrogens (tertiary/aromatic N) is 2. The first kappa shape index (κ1) is 9.28. The molecule has 0 unspecified atom stereocenters. The molecule has 1 rings (SSSR count). The van der Waals surface area contributed by atoms with Crippen molar-refractivity contribution in [3.63, 3.8) is 0 Å². The standard InChI is InChI=1S/C7H11N3OS/c1-5-4-6(12-3-2-11)10-7(8)9-5/h4,11H,2-3H2,1H3,(H2,8,9,10). The van der Waals surface area contributed by atoms with Gasteiger partial charge < -0.3 is 10.8 Å². The number of aromatic nitrogens is 2. The molecule has 1 heterocycles. The summed E-state index contributed by atoms with van der Waals surface area (Å²) < 4.78 is 0. The summed E-state index contributed by atoms with van der Waals surface area (Å²) in [5.41, 5.74) is 6.28. The molecule has 0 atom stereocenters. The maximum atomic E-state index is 8.57. The third-order valence-electron chi connectivity index (χ3n) is 1.19. The van der Waals surface area contributed by atoms with Crippen LogP contribution < -0.4 is 5.73 Å². The maximum absolute atomic E-state index is 8.57. The minimum absolute atomic E-state index is 0.146. The predicted octanol–water partition coefficient (Wildman–Crippen LogP) is 0.452. The van der Waals surface area contributed by atoms with Crippen molar-refractivity contribution >= 4 is 17.7 Å².